The standard InChI is InChI=1S/C11H24N2O2/c1-4-9(3)10(12)11(15)13(5-2)7-6-8-14/h9-10,14H,4-8,12H2,1-3H3/t9?,10-/m0/s1. The van der Waals surface area contributed by atoms with Crippen molar-refractivity contribution >= 4 is 5.91 Å². The van der Waals surface area contributed by atoms with Gasteiger partial charge >= 0.3 is 0 Å². The van der Waals surface area contributed by atoms with E-state index in [0.717, 1.165) is 6.42 Å². The van der Waals surface area contributed by atoms with Crippen LogP contribution in [0.3, 0.4) is 0 Å². The Balaban J connectivity index is 4.24. The lowest BCUT2D eigenvalue weighted by Gasteiger charge is -2.26. The summed E-state index contributed by atoms with van der Waals surface area (Å²) in [4.78, 5) is 13.6. The number of nitrogens with two attached hydrogens (primary N) is 1. The van der Waals surface area contributed by atoms with Crippen LogP contribution in [0.15, 0.2) is 0 Å². The van der Waals surface area contributed by atoms with Crippen molar-refractivity contribution in [1.29, 1.82) is 0 Å². The van der Waals surface area contributed by atoms with Gasteiger partial charge in [-0.25, -0.2) is 0 Å². The minimum Gasteiger partial charge on any atom is -0.396 e. The fourth-order valence-electron chi connectivity index (χ4n) is 1.39. The van der Waals surface area contributed by atoms with Crippen LogP contribution in [0.4, 0.5) is 0 Å². The van der Waals surface area contributed by atoms with Crippen molar-refractivity contribution in [3.63, 3.8) is 0 Å². The average molecular weight is 216 g/mol. The van der Waals surface area contributed by atoms with Crippen LogP contribution in [0.2, 0.25) is 0 Å². The summed E-state index contributed by atoms with van der Waals surface area (Å²) in [6.45, 7) is 7.31. The quantitative estimate of drug-likeness (QED) is 0.654. The van der Waals surface area contributed by atoms with Gasteiger partial charge in [0.1, 0.15) is 0 Å². The first-order chi connectivity index (χ1) is 7.08. The zero-order valence-electron chi connectivity index (χ0n) is 10.1. The molecule has 2 atom stereocenters. The monoisotopic (exact) mass is 216 g/mol. The number of carbonyl (C=O) groups excluding carboxylic acids is 1. The second-order valence-electron chi connectivity index (χ2n) is 3.91. The molecule has 0 aliphatic rings. The summed E-state index contributed by atoms with van der Waals surface area (Å²) in [6, 6.07) is -0.409. The maximum atomic E-state index is 11.9. The van der Waals surface area contributed by atoms with Gasteiger partial charge in [0.25, 0.3) is 0 Å². The summed E-state index contributed by atoms with van der Waals surface area (Å²) in [5.41, 5.74) is 5.87. The third-order valence-electron chi connectivity index (χ3n) is 2.82. The minimum absolute atomic E-state index is 0.000278. The molecule has 1 unspecified atom stereocenters. The maximum Gasteiger partial charge on any atom is 0.239 e. The molecule has 0 aromatic heterocycles. The van der Waals surface area contributed by atoms with E-state index in [1.165, 1.54) is 0 Å². The molecule has 0 aromatic carbocycles. The zero-order valence-corrected chi connectivity index (χ0v) is 10.1. The molecule has 3 N–H and O–H groups in total. The van der Waals surface area contributed by atoms with E-state index in [9.17, 15) is 4.79 Å². The van der Waals surface area contributed by atoms with E-state index < -0.39 is 6.04 Å². The van der Waals surface area contributed by atoms with Crippen molar-refractivity contribution in [2.75, 3.05) is 19.7 Å². The highest BCUT2D eigenvalue weighted by Gasteiger charge is 2.23. The maximum absolute atomic E-state index is 11.9. The van der Waals surface area contributed by atoms with Gasteiger partial charge in [0.2, 0.25) is 5.91 Å². The molecule has 0 radical (unpaired) electrons. The number of carbonyl (C=O) groups is 1. The Morgan fingerprint density at radius 1 is 1.47 bits per heavy atom. The Morgan fingerprint density at radius 2 is 2.07 bits per heavy atom. The van der Waals surface area contributed by atoms with E-state index in [-0.39, 0.29) is 18.4 Å². The Kier molecular flexibility index (Phi) is 7.34. The largest absolute Gasteiger partial charge is 0.396 e. The first kappa shape index (κ1) is 14.4. The molecular weight excluding hydrogens is 192 g/mol. The molecule has 0 spiro atoms. The number of aliphatic hydroxyl groups excluding tert-OH is 1. The Morgan fingerprint density at radius 3 is 2.47 bits per heavy atom. The number of hydrogen-bond donors (Lipinski definition) is 2. The fraction of sp³-hybridized carbons (Fsp3) is 0.909. The van der Waals surface area contributed by atoms with Crippen LogP contribution in [0.25, 0.3) is 0 Å². The smallest absolute Gasteiger partial charge is 0.239 e. The Labute approximate surface area is 92.4 Å². The summed E-state index contributed by atoms with van der Waals surface area (Å²) in [5, 5.41) is 8.72. The van der Waals surface area contributed by atoms with Gasteiger partial charge < -0.3 is 15.7 Å². The number of aliphatic hydroxyl groups is 1. The van der Waals surface area contributed by atoms with Crippen molar-refractivity contribution in [2.45, 2.75) is 39.7 Å². The van der Waals surface area contributed by atoms with Crippen molar-refractivity contribution in [3.05, 3.63) is 0 Å². The van der Waals surface area contributed by atoms with Gasteiger partial charge in [0, 0.05) is 19.7 Å². The van der Waals surface area contributed by atoms with Crippen LogP contribution in [0, 0.1) is 5.92 Å². The molecule has 0 aliphatic carbocycles. The molecule has 0 aromatic rings. The first-order valence-electron chi connectivity index (χ1n) is 5.73. The summed E-state index contributed by atoms with van der Waals surface area (Å²) < 4.78 is 0. The zero-order chi connectivity index (χ0) is 11.8. The highest BCUT2D eigenvalue weighted by atomic mass is 16.3. The number of hydrogen-bond acceptors (Lipinski definition) is 3. The SMILES string of the molecule is CCC(C)[C@H](N)C(=O)N(CC)CCCO. The topological polar surface area (TPSA) is 66.6 Å². The van der Waals surface area contributed by atoms with E-state index >= 15 is 0 Å². The van der Waals surface area contributed by atoms with Crippen LogP contribution in [0.1, 0.15) is 33.6 Å². The lowest BCUT2D eigenvalue weighted by molar-refractivity contribution is -0.133. The molecular formula is C11H24N2O2. The summed E-state index contributed by atoms with van der Waals surface area (Å²) >= 11 is 0. The van der Waals surface area contributed by atoms with E-state index in [1.807, 2.05) is 20.8 Å². The Bertz CT molecular complexity index is 185. The molecule has 1 amide bonds. The molecule has 4 nitrogen and oxygen atoms in total. The lowest BCUT2D eigenvalue weighted by Crippen LogP contribution is -2.47. The second-order valence-corrected chi connectivity index (χ2v) is 3.91. The molecule has 0 heterocycles. The number of likely N-dealkylation sites (N-methyl/N-ethyl adjacent to an activating group) is 1. The first-order valence-corrected chi connectivity index (χ1v) is 5.73. The van der Waals surface area contributed by atoms with Gasteiger partial charge in [-0.15, -0.1) is 0 Å². The van der Waals surface area contributed by atoms with Gasteiger partial charge in [-0.2, -0.15) is 0 Å². The van der Waals surface area contributed by atoms with Crippen LogP contribution in [0.5, 0.6) is 0 Å². The molecule has 0 fully saturated rings. The third-order valence-corrected chi connectivity index (χ3v) is 2.82. The molecule has 0 aliphatic heterocycles. The number of amides is 1. The fourth-order valence-corrected chi connectivity index (χ4v) is 1.39. The summed E-state index contributed by atoms with van der Waals surface area (Å²) in [5.74, 6) is 0.209. The lowest BCUT2D eigenvalue weighted by atomic mass is 9.99. The van der Waals surface area contributed by atoms with E-state index in [1.54, 1.807) is 4.90 Å². The van der Waals surface area contributed by atoms with Crippen molar-refractivity contribution < 1.29 is 9.90 Å². The van der Waals surface area contributed by atoms with E-state index in [2.05, 4.69) is 0 Å². The van der Waals surface area contributed by atoms with E-state index in [4.69, 9.17) is 10.8 Å². The highest BCUT2D eigenvalue weighted by molar-refractivity contribution is 5.81. The average Bonchev–Trinajstić information content (AvgIpc) is 2.27. The number of rotatable bonds is 7. The summed E-state index contributed by atoms with van der Waals surface area (Å²) in [6.07, 6.45) is 1.53. The van der Waals surface area contributed by atoms with Crippen LogP contribution in [-0.2, 0) is 4.79 Å². The summed E-state index contributed by atoms with van der Waals surface area (Å²) in [7, 11) is 0. The van der Waals surface area contributed by atoms with Crippen molar-refractivity contribution in [1.82, 2.24) is 4.90 Å². The van der Waals surface area contributed by atoms with Gasteiger partial charge in [0.15, 0.2) is 0 Å². The van der Waals surface area contributed by atoms with Crippen LogP contribution < -0.4 is 5.73 Å². The third kappa shape index (κ3) is 4.62. The molecule has 15 heavy (non-hydrogen) atoms. The molecule has 90 valence electrons. The minimum atomic E-state index is -0.409. The van der Waals surface area contributed by atoms with Crippen molar-refractivity contribution in [3.8, 4) is 0 Å². The second kappa shape index (κ2) is 7.65. The molecule has 0 saturated heterocycles. The van der Waals surface area contributed by atoms with Crippen LogP contribution >= 0.6 is 0 Å². The normalized spacial score (nSPS) is 14.7. The predicted molar refractivity (Wildman–Crippen MR) is 61.4 cm³/mol. The van der Waals surface area contributed by atoms with E-state index in [0.29, 0.717) is 19.5 Å². The van der Waals surface area contributed by atoms with Gasteiger partial charge in [0.05, 0.1) is 6.04 Å². The predicted octanol–water partition coefficient (Wildman–Crippen LogP) is 0.591. The van der Waals surface area contributed by atoms with Gasteiger partial charge in [-0.05, 0) is 19.3 Å². The molecule has 4 heteroatoms. The van der Waals surface area contributed by atoms with Crippen molar-refractivity contribution in [2.24, 2.45) is 11.7 Å². The molecule has 0 saturated carbocycles. The highest BCUT2D eigenvalue weighted by Crippen LogP contribution is 2.08. The van der Waals surface area contributed by atoms with Gasteiger partial charge in [-0.3, -0.25) is 4.79 Å². The molecule has 0 rings (SSSR count). The molecule has 0 bridgehead atoms. The number of nitrogens with zero attached hydrogens (tertiary/aromatic N) is 1. The van der Waals surface area contributed by atoms with Gasteiger partial charge in [-0.1, -0.05) is 20.3 Å². The van der Waals surface area contributed by atoms with Crippen LogP contribution in [-0.4, -0.2) is 41.7 Å². The Hall–Kier alpha value is -0.610.